The van der Waals surface area contributed by atoms with E-state index in [0.717, 1.165) is 17.5 Å². The number of anilines is 1. The van der Waals surface area contributed by atoms with Crippen molar-refractivity contribution in [3.8, 4) is 0 Å². The van der Waals surface area contributed by atoms with Crippen LogP contribution in [0.3, 0.4) is 0 Å². The van der Waals surface area contributed by atoms with Crippen LogP contribution in [0.1, 0.15) is 29.7 Å². The molecule has 6 heteroatoms. The third-order valence-electron chi connectivity index (χ3n) is 5.52. The Morgan fingerprint density at radius 1 is 0.903 bits per heavy atom. The van der Waals surface area contributed by atoms with E-state index in [9.17, 15) is 18.3 Å². The van der Waals surface area contributed by atoms with Crippen LogP contribution in [0, 0.1) is 6.92 Å². The lowest BCUT2D eigenvalue weighted by atomic mass is 10.0. The van der Waals surface area contributed by atoms with Gasteiger partial charge in [-0.25, -0.2) is 8.42 Å². The summed E-state index contributed by atoms with van der Waals surface area (Å²) in [7, 11) is -4.12. The third kappa shape index (κ3) is 3.64. The van der Waals surface area contributed by atoms with Gasteiger partial charge in [0.2, 0.25) is 9.84 Å². The van der Waals surface area contributed by atoms with Gasteiger partial charge in [0.1, 0.15) is 10.9 Å². The van der Waals surface area contributed by atoms with Gasteiger partial charge in [-0.05, 0) is 48.7 Å². The summed E-state index contributed by atoms with van der Waals surface area (Å²) in [6, 6.07) is 21.7. The number of carbonyl (C=O) groups excluding carboxylic acids is 1. The summed E-state index contributed by atoms with van der Waals surface area (Å²) in [5.41, 5.74) is 3.13. The zero-order valence-corrected chi connectivity index (χ0v) is 18.1. The van der Waals surface area contributed by atoms with Crippen molar-refractivity contribution in [1.29, 1.82) is 0 Å². The zero-order chi connectivity index (χ0) is 22.2. The first-order valence-electron chi connectivity index (χ1n) is 10.1. The van der Waals surface area contributed by atoms with E-state index in [4.69, 9.17) is 0 Å². The molecule has 1 aliphatic rings. The molecule has 0 fully saturated rings. The Labute approximate surface area is 182 Å². The van der Waals surface area contributed by atoms with Crippen LogP contribution in [0.5, 0.6) is 0 Å². The van der Waals surface area contributed by atoms with Gasteiger partial charge in [0.15, 0.2) is 5.76 Å². The Bertz CT molecular complexity index is 1250. The van der Waals surface area contributed by atoms with Crippen LogP contribution < -0.4 is 4.90 Å². The van der Waals surface area contributed by atoms with E-state index in [-0.39, 0.29) is 9.80 Å². The summed E-state index contributed by atoms with van der Waals surface area (Å²) in [6.07, 6.45) is 0.835. The monoisotopic (exact) mass is 433 g/mol. The molecule has 4 rings (SSSR count). The van der Waals surface area contributed by atoms with Crippen molar-refractivity contribution >= 4 is 21.4 Å². The van der Waals surface area contributed by atoms with Gasteiger partial charge in [0.25, 0.3) is 5.91 Å². The predicted octanol–water partition coefficient (Wildman–Crippen LogP) is 4.89. The van der Waals surface area contributed by atoms with Gasteiger partial charge in [-0.2, -0.15) is 0 Å². The molecule has 1 unspecified atom stereocenters. The van der Waals surface area contributed by atoms with Gasteiger partial charge in [-0.1, -0.05) is 67.1 Å². The number of benzene rings is 3. The molecule has 5 nitrogen and oxygen atoms in total. The van der Waals surface area contributed by atoms with Crippen molar-refractivity contribution in [1.82, 2.24) is 0 Å². The van der Waals surface area contributed by atoms with Gasteiger partial charge >= 0.3 is 0 Å². The largest absolute Gasteiger partial charge is 0.502 e. The minimum Gasteiger partial charge on any atom is -0.502 e. The van der Waals surface area contributed by atoms with Crippen molar-refractivity contribution in [2.75, 3.05) is 4.90 Å². The number of hydrogen-bond donors (Lipinski definition) is 1. The molecular weight excluding hydrogens is 410 g/mol. The van der Waals surface area contributed by atoms with Crippen LogP contribution in [0.4, 0.5) is 5.69 Å². The first-order valence-corrected chi connectivity index (χ1v) is 11.5. The maximum atomic E-state index is 13.6. The fourth-order valence-corrected chi connectivity index (χ4v) is 5.42. The van der Waals surface area contributed by atoms with Crippen LogP contribution >= 0.6 is 0 Å². The molecule has 3 aromatic carbocycles. The van der Waals surface area contributed by atoms with Gasteiger partial charge in [-0.15, -0.1) is 0 Å². The summed E-state index contributed by atoms with van der Waals surface area (Å²) in [6.45, 7) is 3.89. The molecule has 1 N–H and O–H groups in total. The highest BCUT2D eigenvalue weighted by Crippen LogP contribution is 2.44. The van der Waals surface area contributed by atoms with Crippen LogP contribution in [0.25, 0.3) is 0 Å². The maximum Gasteiger partial charge on any atom is 0.295 e. The maximum absolute atomic E-state index is 13.6. The van der Waals surface area contributed by atoms with Crippen molar-refractivity contribution in [3.63, 3.8) is 0 Å². The Kier molecular flexibility index (Phi) is 5.41. The number of hydrogen-bond acceptors (Lipinski definition) is 4. The highest BCUT2D eigenvalue weighted by molar-refractivity contribution is 7.95. The lowest BCUT2D eigenvalue weighted by Gasteiger charge is -2.27. The quantitative estimate of drug-likeness (QED) is 0.622. The minimum absolute atomic E-state index is 0.0394. The number of aryl methyl sites for hydroxylation is 2. The molecule has 0 aromatic heterocycles. The fourth-order valence-electron chi connectivity index (χ4n) is 3.79. The zero-order valence-electron chi connectivity index (χ0n) is 17.3. The second-order valence-corrected chi connectivity index (χ2v) is 9.46. The molecule has 1 amide bonds. The summed E-state index contributed by atoms with van der Waals surface area (Å²) in [5, 5.41) is 10.8. The van der Waals surface area contributed by atoms with E-state index in [2.05, 4.69) is 0 Å². The third-order valence-corrected chi connectivity index (χ3v) is 7.41. The Morgan fingerprint density at radius 3 is 2.10 bits per heavy atom. The lowest BCUT2D eigenvalue weighted by molar-refractivity contribution is -0.117. The molecule has 158 valence electrons. The van der Waals surface area contributed by atoms with E-state index < -0.39 is 27.5 Å². The minimum atomic E-state index is -4.12. The van der Waals surface area contributed by atoms with Crippen LogP contribution in [-0.2, 0) is 21.1 Å². The lowest BCUT2D eigenvalue weighted by Crippen LogP contribution is -2.31. The second kappa shape index (κ2) is 8.04. The van der Waals surface area contributed by atoms with Crippen LogP contribution in [0.2, 0.25) is 0 Å². The van der Waals surface area contributed by atoms with Crippen molar-refractivity contribution in [3.05, 3.63) is 106 Å². The molecule has 0 saturated heterocycles. The number of nitrogens with zero attached hydrogens (tertiary/aromatic N) is 1. The molecule has 1 heterocycles. The normalized spacial score (nSPS) is 16.8. The van der Waals surface area contributed by atoms with Crippen molar-refractivity contribution in [2.45, 2.75) is 31.2 Å². The van der Waals surface area contributed by atoms with Gasteiger partial charge in [0, 0.05) is 5.69 Å². The number of amides is 1. The van der Waals surface area contributed by atoms with E-state index in [1.807, 2.05) is 44.2 Å². The average Bonchev–Trinajstić information content (AvgIpc) is 3.06. The van der Waals surface area contributed by atoms with Gasteiger partial charge in [-0.3, -0.25) is 9.69 Å². The first-order chi connectivity index (χ1) is 14.8. The Balaban J connectivity index is 1.92. The SMILES string of the molecule is CCc1ccc(C2C(S(=O)(=O)c3ccc(C)cc3)=C(O)C(=O)N2c2ccccc2)cc1. The molecule has 0 saturated carbocycles. The van der Waals surface area contributed by atoms with E-state index in [1.54, 1.807) is 36.4 Å². The number of aliphatic hydroxyl groups is 1. The van der Waals surface area contributed by atoms with Crippen molar-refractivity contribution in [2.24, 2.45) is 0 Å². The number of carbonyl (C=O) groups is 1. The molecule has 1 atom stereocenters. The van der Waals surface area contributed by atoms with Crippen LogP contribution in [0.15, 0.2) is 94.4 Å². The summed E-state index contributed by atoms with van der Waals surface area (Å²) in [5.74, 6) is -1.48. The van der Waals surface area contributed by atoms with Crippen LogP contribution in [-0.4, -0.2) is 19.4 Å². The number of sulfone groups is 1. The Hall–Kier alpha value is -3.38. The number of para-hydroxylation sites is 1. The molecule has 0 spiro atoms. The predicted molar refractivity (Wildman–Crippen MR) is 121 cm³/mol. The average molecular weight is 434 g/mol. The van der Waals surface area contributed by atoms with Gasteiger partial charge in [0.05, 0.1) is 4.90 Å². The Morgan fingerprint density at radius 2 is 1.52 bits per heavy atom. The molecule has 31 heavy (non-hydrogen) atoms. The molecule has 0 radical (unpaired) electrons. The van der Waals surface area contributed by atoms with E-state index >= 15 is 0 Å². The molecule has 3 aromatic rings. The molecular formula is C25H23NO4S. The highest BCUT2D eigenvalue weighted by atomic mass is 32.2. The van der Waals surface area contributed by atoms with Crippen molar-refractivity contribution < 1.29 is 18.3 Å². The molecule has 1 aliphatic heterocycles. The summed E-state index contributed by atoms with van der Waals surface area (Å²) >= 11 is 0. The molecule has 0 bridgehead atoms. The highest BCUT2D eigenvalue weighted by Gasteiger charge is 2.47. The van der Waals surface area contributed by atoms with E-state index in [0.29, 0.717) is 11.3 Å². The van der Waals surface area contributed by atoms with E-state index in [1.165, 1.54) is 17.0 Å². The summed E-state index contributed by atoms with van der Waals surface area (Å²) in [4.78, 5) is 14.2. The summed E-state index contributed by atoms with van der Waals surface area (Å²) < 4.78 is 27.2. The first kappa shape index (κ1) is 20.9. The molecule has 0 aliphatic carbocycles. The fraction of sp³-hybridized carbons (Fsp3) is 0.160. The number of rotatable bonds is 5. The second-order valence-electron chi connectivity index (χ2n) is 7.54. The standard InChI is InChI=1S/C25H23NO4S/c1-3-18-11-13-19(14-12-18)22-24(31(29,30)21-15-9-17(2)10-16-21)23(27)25(28)26(22)20-7-5-4-6-8-20/h4-16,22,27H,3H2,1-2H3. The topological polar surface area (TPSA) is 74.7 Å². The van der Waals surface area contributed by atoms with Gasteiger partial charge < -0.3 is 5.11 Å². The number of aliphatic hydroxyl groups excluding tert-OH is 1. The smallest absolute Gasteiger partial charge is 0.295 e.